The fourth-order valence-electron chi connectivity index (χ4n) is 3.61. The molecule has 0 aromatic heterocycles. The van der Waals surface area contributed by atoms with Crippen LogP contribution in [-0.4, -0.2) is 22.6 Å². The average Bonchev–Trinajstić information content (AvgIpc) is 3.13. The maximum Gasteiger partial charge on any atom is 0.338 e. The molecule has 0 radical (unpaired) electrons. The molecule has 0 spiro atoms. The Hall–Kier alpha value is -2.21. The maximum absolute atomic E-state index is 13.0. The van der Waals surface area contributed by atoms with Gasteiger partial charge in [0.1, 0.15) is 0 Å². The first-order valence-electron chi connectivity index (χ1n) is 9.56. The molecule has 7 heteroatoms. The van der Waals surface area contributed by atoms with Gasteiger partial charge in [0.15, 0.2) is 5.17 Å². The number of hydrogen-bond donors (Lipinski definition) is 0. The molecule has 0 aliphatic carbocycles. The number of thioether (sulfide) groups is 1. The van der Waals surface area contributed by atoms with E-state index >= 15 is 0 Å². The van der Waals surface area contributed by atoms with Gasteiger partial charge in [-0.15, -0.1) is 0 Å². The second kappa shape index (κ2) is 8.50. The number of rotatable bonds is 4. The van der Waals surface area contributed by atoms with Crippen molar-refractivity contribution in [1.29, 1.82) is 0 Å². The predicted octanol–water partition coefficient (Wildman–Crippen LogP) is 6.60. The zero-order valence-corrected chi connectivity index (χ0v) is 19.1. The van der Waals surface area contributed by atoms with Crippen LogP contribution in [-0.2, 0) is 9.53 Å². The van der Waals surface area contributed by atoms with Crippen molar-refractivity contribution < 1.29 is 9.53 Å². The van der Waals surface area contributed by atoms with Gasteiger partial charge >= 0.3 is 5.97 Å². The van der Waals surface area contributed by atoms with Crippen molar-refractivity contribution in [3.05, 3.63) is 85.9 Å². The molecule has 0 bridgehead atoms. The summed E-state index contributed by atoms with van der Waals surface area (Å²) in [7, 11) is 0. The Morgan fingerprint density at radius 2 is 1.90 bits per heavy atom. The van der Waals surface area contributed by atoms with E-state index in [0.29, 0.717) is 21.3 Å². The third-order valence-corrected chi connectivity index (χ3v) is 6.72. The van der Waals surface area contributed by atoms with E-state index in [1.54, 1.807) is 13.0 Å². The molecular weight excluding hydrogens is 439 g/mol. The highest BCUT2D eigenvalue weighted by Crippen LogP contribution is 2.48. The minimum absolute atomic E-state index is 0.275. The number of carbonyl (C=O) groups excluding carboxylic acids is 1. The van der Waals surface area contributed by atoms with Gasteiger partial charge in [-0.05, 0) is 38.0 Å². The number of fused-ring (bicyclic) bond motifs is 1. The molecule has 2 aromatic carbocycles. The number of carbonyl (C=O) groups is 1. The molecule has 0 saturated carbocycles. The van der Waals surface area contributed by atoms with Gasteiger partial charge in [-0.3, -0.25) is 0 Å². The summed E-state index contributed by atoms with van der Waals surface area (Å²) in [6.07, 6.45) is 0. The summed E-state index contributed by atoms with van der Waals surface area (Å²) < 4.78 is 5.38. The fourth-order valence-corrected chi connectivity index (χ4v) is 5.00. The molecule has 154 valence electrons. The van der Waals surface area contributed by atoms with E-state index in [1.165, 1.54) is 17.3 Å². The standard InChI is InChI=1S/C23H20Cl2N2O2S/c1-4-29-22(28)19-14(3)26-23-27(21(19)16-6-5-7-17(24)20(16)25)18(12-30-23)15-10-8-13(2)9-11-15/h5-12,21H,4H2,1-3H3/t21-/m0/s1. The van der Waals surface area contributed by atoms with E-state index in [2.05, 4.69) is 36.6 Å². The summed E-state index contributed by atoms with van der Waals surface area (Å²) in [4.78, 5) is 19.7. The number of hydrogen-bond acceptors (Lipinski definition) is 5. The fraction of sp³-hybridized carbons (Fsp3) is 0.217. The van der Waals surface area contributed by atoms with Crippen LogP contribution in [0.2, 0.25) is 10.0 Å². The Balaban J connectivity index is 1.90. The molecule has 4 nitrogen and oxygen atoms in total. The summed E-state index contributed by atoms with van der Waals surface area (Å²) in [6, 6.07) is 13.2. The highest BCUT2D eigenvalue weighted by molar-refractivity contribution is 8.16. The van der Waals surface area contributed by atoms with E-state index < -0.39 is 12.0 Å². The van der Waals surface area contributed by atoms with Gasteiger partial charge in [0.25, 0.3) is 0 Å². The van der Waals surface area contributed by atoms with Crippen molar-refractivity contribution >= 4 is 51.8 Å². The maximum atomic E-state index is 13.0. The summed E-state index contributed by atoms with van der Waals surface area (Å²) in [5, 5.41) is 3.69. The molecule has 2 aliphatic rings. The van der Waals surface area contributed by atoms with Crippen LogP contribution in [0.15, 0.2) is 64.1 Å². The Morgan fingerprint density at radius 3 is 2.60 bits per heavy atom. The first-order valence-corrected chi connectivity index (χ1v) is 11.2. The van der Waals surface area contributed by atoms with Crippen LogP contribution >= 0.6 is 35.0 Å². The molecule has 0 saturated heterocycles. The Morgan fingerprint density at radius 1 is 1.17 bits per heavy atom. The van der Waals surface area contributed by atoms with Crippen LogP contribution in [0.25, 0.3) is 5.70 Å². The Labute approximate surface area is 190 Å². The van der Waals surface area contributed by atoms with Crippen LogP contribution in [0.1, 0.15) is 36.6 Å². The van der Waals surface area contributed by atoms with Crippen molar-refractivity contribution in [2.45, 2.75) is 26.8 Å². The molecule has 2 aliphatic heterocycles. The smallest absolute Gasteiger partial charge is 0.338 e. The second-order valence-electron chi connectivity index (χ2n) is 7.02. The molecule has 2 heterocycles. The minimum Gasteiger partial charge on any atom is -0.463 e. The van der Waals surface area contributed by atoms with Crippen molar-refractivity contribution in [3.8, 4) is 0 Å². The molecule has 2 aromatic rings. The highest BCUT2D eigenvalue weighted by atomic mass is 35.5. The summed E-state index contributed by atoms with van der Waals surface area (Å²) in [5.74, 6) is -0.404. The molecular formula is C23H20Cl2N2O2S. The van der Waals surface area contributed by atoms with Crippen molar-refractivity contribution in [2.75, 3.05) is 6.61 Å². The molecule has 30 heavy (non-hydrogen) atoms. The lowest BCUT2D eigenvalue weighted by molar-refractivity contribution is -0.139. The minimum atomic E-state index is -0.495. The van der Waals surface area contributed by atoms with E-state index in [0.717, 1.165) is 22.0 Å². The van der Waals surface area contributed by atoms with Crippen molar-refractivity contribution in [1.82, 2.24) is 4.90 Å². The van der Waals surface area contributed by atoms with Crippen molar-refractivity contribution in [3.63, 3.8) is 0 Å². The summed E-state index contributed by atoms with van der Waals surface area (Å²) >= 11 is 14.5. The molecule has 1 atom stereocenters. The predicted molar refractivity (Wildman–Crippen MR) is 125 cm³/mol. The lowest BCUT2D eigenvalue weighted by Gasteiger charge is -2.36. The van der Waals surface area contributed by atoms with Gasteiger partial charge in [-0.25, -0.2) is 9.79 Å². The zero-order chi connectivity index (χ0) is 21.4. The summed E-state index contributed by atoms with van der Waals surface area (Å²) in [6.45, 7) is 5.94. The van der Waals surface area contributed by atoms with Crippen LogP contribution in [0.4, 0.5) is 0 Å². The van der Waals surface area contributed by atoms with E-state index in [-0.39, 0.29) is 6.61 Å². The number of halogens is 2. The number of esters is 1. The van der Waals surface area contributed by atoms with E-state index in [9.17, 15) is 4.79 Å². The van der Waals surface area contributed by atoms with Gasteiger partial charge in [0, 0.05) is 5.41 Å². The van der Waals surface area contributed by atoms with Crippen LogP contribution in [0, 0.1) is 6.92 Å². The largest absolute Gasteiger partial charge is 0.463 e. The number of nitrogens with zero attached hydrogens (tertiary/aromatic N) is 2. The van der Waals surface area contributed by atoms with Crippen molar-refractivity contribution in [2.24, 2.45) is 4.99 Å². The van der Waals surface area contributed by atoms with Gasteiger partial charge in [-0.2, -0.15) is 0 Å². The number of aryl methyl sites for hydroxylation is 1. The number of ether oxygens (including phenoxy) is 1. The number of amidine groups is 1. The van der Waals surface area contributed by atoms with Gasteiger partial charge in [0.05, 0.1) is 39.7 Å². The van der Waals surface area contributed by atoms with Crippen LogP contribution in [0.5, 0.6) is 0 Å². The topological polar surface area (TPSA) is 41.9 Å². The van der Waals surface area contributed by atoms with E-state index in [1.807, 2.05) is 24.0 Å². The molecule has 0 amide bonds. The normalized spacial score (nSPS) is 18.2. The SMILES string of the molecule is CCOC(=O)C1=C(C)N=C2SC=C(c3ccc(C)cc3)N2[C@H]1c1cccc(Cl)c1Cl. The molecule has 4 rings (SSSR count). The van der Waals surface area contributed by atoms with Gasteiger partial charge < -0.3 is 9.64 Å². The number of benzene rings is 2. The molecule has 0 fully saturated rings. The zero-order valence-electron chi connectivity index (χ0n) is 16.8. The quantitative estimate of drug-likeness (QED) is 0.484. The first-order chi connectivity index (χ1) is 14.4. The van der Waals surface area contributed by atoms with Gasteiger partial charge in [0.2, 0.25) is 0 Å². The lowest BCUT2D eigenvalue weighted by atomic mass is 9.93. The second-order valence-corrected chi connectivity index (χ2v) is 8.64. The molecule has 0 N–H and O–H groups in total. The van der Waals surface area contributed by atoms with Crippen LogP contribution in [0.3, 0.4) is 0 Å². The van der Waals surface area contributed by atoms with Crippen LogP contribution < -0.4 is 0 Å². The third kappa shape index (κ3) is 3.66. The third-order valence-electron chi connectivity index (χ3n) is 5.05. The van der Waals surface area contributed by atoms with Gasteiger partial charge in [-0.1, -0.05) is 76.9 Å². The summed E-state index contributed by atoms with van der Waals surface area (Å²) in [5.41, 5.74) is 4.98. The Kier molecular flexibility index (Phi) is 5.96. The number of allylic oxidation sites excluding steroid dienone is 1. The monoisotopic (exact) mass is 458 g/mol. The lowest BCUT2D eigenvalue weighted by Crippen LogP contribution is -2.36. The number of aliphatic imine (C=N–C) groups is 1. The van der Waals surface area contributed by atoms with E-state index in [4.69, 9.17) is 32.9 Å². The molecule has 0 unspecified atom stereocenters. The first kappa shape index (κ1) is 21.0. The highest BCUT2D eigenvalue weighted by Gasteiger charge is 2.42. The average molecular weight is 459 g/mol. The Bertz CT molecular complexity index is 1110.